The minimum atomic E-state index is -0.462. The lowest BCUT2D eigenvalue weighted by Crippen LogP contribution is -1.92. The average molecular weight is 178 g/mol. The molecule has 1 aromatic carbocycles. The maximum absolute atomic E-state index is 12.7. The van der Waals surface area contributed by atoms with E-state index < -0.39 is 5.82 Å². The zero-order valence-electron chi connectivity index (χ0n) is 6.48. The van der Waals surface area contributed by atoms with Crippen molar-refractivity contribution in [3.05, 3.63) is 24.0 Å². The van der Waals surface area contributed by atoms with Crippen LogP contribution in [0.3, 0.4) is 0 Å². The first-order valence-electron chi connectivity index (χ1n) is 3.51. The highest BCUT2D eigenvalue weighted by Gasteiger charge is 2.00. The van der Waals surface area contributed by atoms with Crippen molar-refractivity contribution in [1.82, 2.24) is 20.6 Å². The Morgan fingerprint density at radius 2 is 2.23 bits per heavy atom. The van der Waals surface area contributed by atoms with Gasteiger partial charge >= 0.3 is 0 Å². The molecule has 0 aliphatic rings. The van der Waals surface area contributed by atoms with E-state index in [0.717, 1.165) is 0 Å². The van der Waals surface area contributed by atoms with Crippen LogP contribution >= 0.6 is 0 Å². The summed E-state index contributed by atoms with van der Waals surface area (Å²) in [6.45, 7) is 0. The maximum Gasteiger partial charge on any atom is 0.146 e. The molecule has 0 amide bonds. The Kier molecular flexibility index (Phi) is 1.66. The van der Waals surface area contributed by atoms with Crippen molar-refractivity contribution in [3.63, 3.8) is 0 Å². The van der Waals surface area contributed by atoms with Gasteiger partial charge in [-0.25, -0.2) is 4.39 Å². The number of aromatic nitrogens is 4. The van der Waals surface area contributed by atoms with E-state index in [0.29, 0.717) is 11.4 Å². The fourth-order valence-corrected chi connectivity index (χ4v) is 0.943. The second-order valence-corrected chi connectivity index (χ2v) is 2.44. The van der Waals surface area contributed by atoms with Crippen molar-refractivity contribution in [2.45, 2.75) is 0 Å². The van der Waals surface area contributed by atoms with Gasteiger partial charge in [-0.1, -0.05) is 6.07 Å². The summed E-state index contributed by atoms with van der Waals surface area (Å²) in [5, 5.41) is 13.8. The molecule has 2 aromatic rings. The van der Waals surface area contributed by atoms with Gasteiger partial charge < -0.3 is 10.8 Å². The van der Waals surface area contributed by atoms with Gasteiger partial charge in [-0.15, -0.1) is 0 Å². The van der Waals surface area contributed by atoms with E-state index in [1.54, 1.807) is 0 Å². The maximum atomic E-state index is 12.7. The quantitative estimate of drug-likeness (QED) is 0.632. The molecule has 13 heavy (non-hydrogen) atoms. The molecule has 6 heteroatoms. The average Bonchev–Trinajstić information content (AvgIpc) is 2.62. The number of tetrazole rings is 1. The third-order valence-corrected chi connectivity index (χ3v) is 1.57. The predicted molar refractivity (Wildman–Crippen MR) is 43.0 cm³/mol. The fraction of sp³-hybridized carbons (Fsp3) is 0. The Morgan fingerprint density at radius 1 is 1.38 bits per heavy atom. The van der Waals surface area contributed by atoms with Crippen LogP contribution in [0.15, 0.2) is 18.2 Å². The van der Waals surface area contributed by atoms with Crippen molar-refractivity contribution in [3.8, 4) is 11.4 Å². The third kappa shape index (κ3) is 1.33. The molecule has 0 atom stereocenters. The van der Waals surface area contributed by atoms with Gasteiger partial charge in [0.15, 0.2) is 0 Å². The van der Waals surface area contributed by atoms with Crippen LogP contribution in [0.1, 0.15) is 0 Å². The fourth-order valence-electron chi connectivity index (χ4n) is 0.943. The van der Waals surface area contributed by atoms with Crippen molar-refractivity contribution in [2.75, 3.05) is 5.73 Å². The van der Waals surface area contributed by atoms with E-state index in [1.165, 1.54) is 18.2 Å². The summed E-state index contributed by atoms with van der Waals surface area (Å²) in [6.07, 6.45) is 0. The number of rotatable bonds is 1. The summed E-state index contributed by atoms with van der Waals surface area (Å²) in [4.78, 5) is 0. The molecule has 66 valence electrons. The lowest BCUT2D eigenvalue weighted by Gasteiger charge is -2.01. The lowest BCUT2D eigenvalue weighted by molar-refractivity contribution is 0.632. The lowest BCUT2D eigenvalue weighted by atomic mass is 10.2. The molecule has 2 rings (SSSR count). The molecular weight excluding hydrogens is 173 g/mol. The number of halogens is 1. The van der Waals surface area contributed by atoms with Crippen LogP contribution in [-0.2, 0) is 0 Å². The van der Waals surface area contributed by atoms with Crippen LogP contribution in [0.5, 0.6) is 0 Å². The van der Waals surface area contributed by atoms with Crippen LogP contribution in [0, 0.1) is 5.82 Å². The van der Waals surface area contributed by atoms with E-state index >= 15 is 0 Å². The summed E-state index contributed by atoms with van der Waals surface area (Å²) < 4.78 is 12.7. The standard InChI is InChI=1S/C7H5FN5/c8-5-2-1-4(3-6(5)9)7-10-12-13-11-7/h1-3H,9H2/q-1. The van der Waals surface area contributed by atoms with Crippen molar-refractivity contribution in [1.29, 1.82) is 0 Å². The summed E-state index contributed by atoms with van der Waals surface area (Å²) >= 11 is 0. The molecule has 0 spiro atoms. The molecular formula is C7H5FN5-. The highest BCUT2D eigenvalue weighted by molar-refractivity contribution is 5.60. The van der Waals surface area contributed by atoms with Gasteiger partial charge in [0.1, 0.15) is 5.82 Å². The summed E-state index contributed by atoms with van der Waals surface area (Å²) in [5.74, 6) is -0.122. The largest absolute Gasteiger partial charge is 0.396 e. The second kappa shape index (κ2) is 2.81. The minimum absolute atomic E-state index is 0.0577. The SMILES string of the molecule is Nc1cc(-c2nnn[n-]2)ccc1F. The summed E-state index contributed by atoms with van der Waals surface area (Å²) in [6, 6.07) is 4.21. The normalized spacial score (nSPS) is 10.2. The number of nitrogens with two attached hydrogens (primary N) is 1. The van der Waals surface area contributed by atoms with Crippen molar-refractivity contribution < 1.29 is 4.39 Å². The Hall–Kier alpha value is -1.98. The van der Waals surface area contributed by atoms with Gasteiger partial charge in [-0.05, 0) is 17.7 Å². The Labute approximate surface area is 72.8 Å². The van der Waals surface area contributed by atoms with E-state index in [4.69, 9.17) is 5.73 Å². The van der Waals surface area contributed by atoms with Gasteiger partial charge in [0, 0.05) is 5.82 Å². The number of hydrogen-bond donors (Lipinski definition) is 1. The van der Waals surface area contributed by atoms with Crippen LogP contribution < -0.4 is 10.8 Å². The minimum Gasteiger partial charge on any atom is -0.396 e. The first kappa shape index (κ1) is 7.66. The second-order valence-electron chi connectivity index (χ2n) is 2.44. The topological polar surface area (TPSA) is 78.8 Å². The molecule has 0 bridgehead atoms. The van der Waals surface area contributed by atoms with Crippen LogP contribution in [0.25, 0.3) is 11.4 Å². The summed E-state index contributed by atoms with van der Waals surface area (Å²) in [5.41, 5.74) is 6.01. The Morgan fingerprint density at radius 3 is 2.85 bits per heavy atom. The van der Waals surface area contributed by atoms with E-state index in [1.807, 2.05) is 0 Å². The number of hydrogen-bond acceptors (Lipinski definition) is 4. The first-order valence-corrected chi connectivity index (χ1v) is 3.51. The zero-order chi connectivity index (χ0) is 9.26. The molecule has 2 N–H and O–H groups in total. The molecule has 0 fully saturated rings. The van der Waals surface area contributed by atoms with Crippen LogP contribution in [0.2, 0.25) is 0 Å². The Balaban J connectivity index is 2.49. The van der Waals surface area contributed by atoms with E-state index in [9.17, 15) is 4.39 Å². The van der Waals surface area contributed by atoms with Gasteiger partial charge in [-0.3, -0.25) is 10.3 Å². The molecule has 5 nitrogen and oxygen atoms in total. The predicted octanol–water partition coefficient (Wildman–Crippen LogP) is 0.217. The number of anilines is 1. The first-order chi connectivity index (χ1) is 6.27. The molecule has 0 radical (unpaired) electrons. The van der Waals surface area contributed by atoms with Crippen molar-refractivity contribution >= 4 is 5.69 Å². The number of nitrogen functional groups attached to an aromatic ring is 1. The van der Waals surface area contributed by atoms with Crippen molar-refractivity contribution in [2.24, 2.45) is 0 Å². The molecule has 0 aliphatic heterocycles. The van der Waals surface area contributed by atoms with Crippen LogP contribution in [-0.4, -0.2) is 15.5 Å². The highest BCUT2D eigenvalue weighted by Crippen LogP contribution is 2.18. The van der Waals surface area contributed by atoms with Gasteiger partial charge in [0.05, 0.1) is 5.69 Å². The Bertz CT molecular complexity index is 411. The van der Waals surface area contributed by atoms with Gasteiger partial charge in [0.25, 0.3) is 0 Å². The molecule has 0 unspecified atom stereocenters. The third-order valence-electron chi connectivity index (χ3n) is 1.57. The molecule has 1 heterocycles. The summed E-state index contributed by atoms with van der Waals surface area (Å²) in [7, 11) is 0. The van der Waals surface area contributed by atoms with Gasteiger partial charge in [0.2, 0.25) is 0 Å². The monoisotopic (exact) mass is 178 g/mol. The van der Waals surface area contributed by atoms with E-state index in [2.05, 4.69) is 20.6 Å². The smallest absolute Gasteiger partial charge is 0.146 e. The highest BCUT2D eigenvalue weighted by atomic mass is 19.1. The molecule has 0 aliphatic carbocycles. The van der Waals surface area contributed by atoms with E-state index in [-0.39, 0.29) is 5.69 Å². The number of benzene rings is 1. The number of nitrogens with zero attached hydrogens (tertiary/aromatic N) is 4. The van der Waals surface area contributed by atoms with Gasteiger partial charge in [-0.2, -0.15) is 5.21 Å². The molecule has 0 saturated carbocycles. The van der Waals surface area contributed by atoms with Crippen LogP contribution in [0.4, 0.5) is 10.1 Å². The zero-order valence-corrected chi connectivity index (χ0v) is 6.48. The molecule has 1 aromatic heterocycles. The molecule has 0 saturated heterocycles.